The maximum atomic E-state index is 13.3. The van der Waals surface area contributed by atoms with Crippen LogP contribution in [0, 0.1) is 0 Å². The summed E-state index contributed by atoms with van der Waals surface area (Å²) in [6.07, 6.45) is 2.83. The van der Waals surface area contributed by atoms with E-state index in [4.69, 9.17) is 22.1 Å². The van der Waals surface area contributed by atoms with Gasteiger partial charge in [0.1, 0.15) is 18.2 Å². The molecule has 1 aliphatic heterocycles. The van der Waals surface area contributed by atoms with E-state index in [1.165, 1.54) is 17.7 Å². The Labute approximate surface area is 194 Å². The first-order chi connectivity index (χ1) is 15.5. The van der Waals surface area contributed by atoms with E-state index < -0.39 is 6.04 Å². The maximum absolute atomic E-state index is 13.3. The number of nitrogen functional groups attached to an aromatic ring is 1. The van der Waals surface area contributed by atoms with Crippen molar-refractivity contribution < 1.29 is 14.3 Å². The highest BCUT2D eigenvalue weighted by Crippen LogP contribution is 2.28. The minimum absolute atomic E-state index is 0.0482. The molecule has 2 amide bonds. The number of nitrogens with zero attached hydrogens (tertiary/aromatic N) is 4. The van der Waals surface area contributed by atoms with Crippen LogP contribution in [0.5, 0.6) is 5.06 Å². The van der Waals surface area contributed by atoms with Gasteiger partial charge in [0.25, 0.3) is 5.91 Å². The fourth-order valence-electron chi connectivity index (χ4n) is 3.88. The summed E-state index contributed by atoms with van der Waals surface area (Å²) in [5.74, 6) is 0.187. The lowest BCUT2D eigenvalue weighted by atomic mass is 10.0. The van der Waals surface area contributed by atoms with Crippen LogP contribution < -0.4 is 10.5 Å². The molecule has 1 atom stereocenters. The zero-order valence-electron chi connectivity index (χ0n) is 17.7. The van der Waals surface area contributed by atoms with Crippen molar-refractivity contribution in [2.45, 2.75) is 32.4 Å². The number of carbonyl (C=O) groups is 2. The molecular weight excluding hydrogens is 450 g/mol. The van der Waals surface area contributed by atoms with Gasteiger partial charge in [-0.3, -0.25) is 9.59 Å². The zero-order chi connectivity index (χ0) is 22.7. The first kappa shape index (κ1) is 22.3. The molecule has 4 rings (SSSR count). The predicted molar refractivity (Wildman–Crippen MR) is 125 cm³/mol. The van der Waals surface area contributed by atoms with E-state index >= 15 is 0 Å². The summed E-state index contributed by atoms with van der Waals surface area (Å²) in [4.78, 5) is 37.8. The SMILES string of the molecule is CCC[C@H]1C(=O)N(Cc2ccc3c(N)ncnc3c2)CCN1C(=O)COc1ccc(Cl)s1. The van der Waals surface area contributed by atoms with Crippen molar-refractivity contribution in [3.05, 3.63) is 46.6 Å². The average Bonchev–Trinajstić information content (AvgIpc) is 3.20. The third kappa shape index (κ3) is 4.78. The largest absolute Gasteiger partial charge is 0.474 e. The summed E-state index contributed by atoms with van der Waals surface area (Å²) in [7, 11) is 0. The molecule has 2 N–H and O–H groups in total. The Morgan fingerprint density at radius 1 is 1.28 bits per heavy atom. The number of fused-ring (bicyclic) bond motifs is 1. The standard InChI is InChI=1S/C22H24ClN5O3S/c1-2-3-17-22(30)27(11-14-4-5-15-16(10-14)25-13-26-21(15)24)8-9-28(17)19(29)12-31-20-7-6-18(23)32-20/h4-7,10,13,17H,2-3,8-9,11-12H2,1H3,(H2,24,25,26)/t17-/m0/s1. The monoisotopic (exact) mass is 473 g/mol. The van der Waals surface area contributed by atoms with Gasteiger partial charge in [-0.1, -0.05) is 42.3 Å². The summed E-state index contributed by atoms with van der Waals surface area (Å²) in [6.45, 7) is 3.26. The molecule has 1 aromatic carbocycles. The summed E-state index contributed by atoms with van der Waals surface area (Å²) in [5.41, 5.74) is 7.60. The van der Waals surface area contributed by atoms with Crippen molar-refractivity contribution in [2.24, 2.45) is 0 Å². The summed E-state index contributed by atoms with van der Waals surface area (Å²) in [5, 5.41) is 1.37. The highest BCUT2D eigenvalue weighted by atomic mass is 35.5. The van der Waals surface area contributed by atoms with E-state index in [0.29, 0.717) is 41.3 Å². The number of hydrogen-bond acceptors (Lipinski definition) is 7. The maximum Gasteiger partial charge on any atom is 0.261 e. The number of nitrogens with two attached hydrogens (primary N) is 1. The lowest BCUT2D eigenvalue weighted by Crippen LogP contribution is -2.59. The molecule has 0 radical (unpaired) electrons. The minimum atomic E-state index is -0.491. The van der Waals surface area contributed by atoms with E-state index in [0.717, 1.165) is 22.9 Å². The Kier molecular flexibility index (Phi) is 6.76. The minimum Gasteiger partial charge on any atom is -0.474 e. The summed E-state index contributed by atoms with van der Waals surface area (Å²) < 4.78 is 6.17. The number of carbonyl (C=O) groups excluding carboxylic acids is 2. The molecule has 0 saturated carbocycles. The Bertz CT molecular complexity index is 1140. The third-order valence-electron chi connectivity index (χ3n) is 5.46. The van der Waals surface area contributed by atoms with Gasteiger partial charge in [0.2, 0.25) is 5.91 Å². The molecule has 168 valence electrons. The van der Waals surface area contributed by atoms with Crippen molar-refractivity contribution in [2.75, 3.05) is 25.4 Å². The van der Waals surface area contributed by atoms with Gasteiger partial charge in [-0.2, -0.15) is 0 Å². The Hall–Kier alpha value is -2.91. The molecule has 0 bridgehead atoms. The molecule has 0 unspecified atom stereocenters. The molecular formula is C22H24ClN5O3S. The van der Waals surface area contributed by atoms with Gasteiger partial charge in [-0.05, 0) is 36.2 Å². The van der Waals surface area contributed by atoms with E-state index in [1.54, 1.807) is 21.9 Å². The topological polar surface area (TPSA) is 102 Å². The molecule has 10 heteroatoms. The number of benzene rings is 1. The van der Waals surface area contributed by atoms with Crippen LogP contribution in [0.1, 0.15) is 25.3 Å². The van der Waals surface area contributed by atoms with Gasteiger partial charge < -0.3 is 20.3 Å². The number of ether oxygens (including phenoxy) is 1. The number of amides is 2. The normalized spacial score (nSPS) is 16.6. The summed E-state index contributed by atoms with van der Waals surface area (Å²) >= 11 is 7.18. The number of thiophene rings is 1. The van der Waals surface area contributed by atoms with E-state index in [2.05, 4.69) is 9.97 Å². The van der Waals surface area contributed by atoms with Crippen LogP contribution in [0.15, 0.2) is 36.7 Å². The molecule has 0 aliphatic carbocycles. The lowest BCUT2D eigenvalue weighted by molar-refractivity contribution is -0.153. The second-order valence-electron chi connectivity index (χ2n) is 7.61. The second kappa shape index (κ2) is 9.70. The third-order valence-corrected chi connectivity index (χ3v) is 6.60. The first-order valence-electron chi connectivity index (χ1n) is 10.4. The van der Waals surface area contributed by atoms with Gasteiger partial charge in [-0.15, -0.1) is 0 Å². The van der Waals surface area contributed by atoms with Gasteiger partial charge in [0.15, 0.2) is 11.7 Å². The highest BCUT2D eigenvalue weighted by Gasteiger charge is 2.36. The quantitative estimate of drug-likeness (QED) is 0.564. The van der Waals surface area contributed by atoms with Crippen LogP contribution in [0.2, 0.25) is 4.34 Å². The Balaban J connectivity index is 1.44. The molecule has 3 aromatic rings. The Morgan fingerprint density at radius 3 is 2.88 bits per heavy atom. The second-order valence-corrected chi connectivity index (χ2v) is 9.29. The lowest BCUT2D eigenvalue weighted by Gasteiger charge is -2.40. The highest BCUT2D eigenvalue weighted by molar-refractivity contribution is 7.17. The van der Waals surface area contributed by atoms with Gasteiger partial charge >= 0.3 is 0 Å². The van der Waals surface area contributed by atoms with Gasteiger partial charge in [0.05, 0.1) is 9.85 Å². The smallest absolute Gasteiger partial charge is 0.261 e. The van der Waals surface area contributed by atoms with E-state index in [-0.39, 0.29) is 18.4 Å². The van der Waals surface area contributed by atoms with Crippen LogP contribution in [0.4, 0.5) is 5.82 Å². The van der Waals surface area contributed by atoms with Crippen LogP contribution in [0.3, 0.4) is 0 Å². The molecule has 8 nitrogen and oxygen atoms in total. The predicted octanol–water partition coefficient (Wildman–Crippen LogP) is 3.35. The molecule has 3 heterocycles. The van der Waals surface area contributed by atoms with Crippen molar-refractivity contribution in [3.8, 4) is 5.06 Å². The molecule has 32 heavy (non-hydrogen) atoms. The Morgan fingerprint density at radius 2 is 2.12 bits per heavy atom. The molecule has 2 aromatic heterocycles. The van der Waals surface area contributed by atoms with Crippen LogP contribution in [-0.2, 0) is 16.1 Å². The fourth-order valence-corrected chi connectivity index (χ4v) is 4.75. The van der Waals surface area contributed by atoms with Crippen molar-refractivity contribution in [3.63, 3.8) is 0 Å². The number of anilines is 1. The van der Waals surface area contributed by atoms with E-state index in [9.17, 15) is 9.59 Å². The number of hydrogen-bond donors (Lipinski definition) is 1. The zero-order valence-corrected chi connectivity index (χ0v) is 19.2. The molecule has 1 fully saturated rings. The van der Waals surface area contributed by atoms with Gasteiger partial charge in [0, 0.05) is 25.0 Å². The molecule has 1 aliphatic rings. The van der Waals surface area contributed by atoms with Crippen molar-refractivity contribution >= 4 is 51.5 Å². The summed E-state index contributed by atoms with van der Waals surface area (Å²) in [6, 6.07) is 8.70. The van der Waals surface area contributed by atoms with Crippen LogP contribution in [-0.4, -0.2) is 57.3 Å². The van der Waals surface area contributed by atoms with Crippen molar-refractivity contribution in [1.29, 1.82) is 0 Å². The van der Waals surface area contributed by atoms with E-state index in [1.807, 2.05) is 25.1 Å². The fraction of sp³-hybridized carbons (Fsp3) is 0.364. The van der Waals surface area contributed by atoms with Crippen molar-refractivity contribution in [1.82, 2.24) is 19.8 Å². The average molecular weight is 474 g/mol. The number of rotatable bonds is 7. The number of piperazine rings is 1. The first-order valence-corrected chi connectivity index (χ1v) is 11.6. The van der Waals surface area contributed by atoms with Crippen LogP contribution >= 0.6 is 22.9 Å². The van der Waals surface area contributed by atoms with Crippen LogP contribution in [0.25, 0.3) is 10.9 Å². The molecule has 0 spiro atoms. The van der Waals surface area contributed by atoms with Gasteiger partial charge in [-0.25, -0.2) is 9.97 Å². The number of halogens is 1. The molecule has 1 saturated heterocycles. The number of aromatic nitrogens is 2.